The fourth-order valence-electron chi connectivity index (χ4n) is 1.03. The molecule has 5 nitrogen and oxygen atoms in total. The minimum atomic E-state index is -1.06. The molecule has 1 rings (SSSR count). The molecule has 1 aromatic carbocycles. The predicted molar refractivity (Wildman–Crippen MR) is 57.1 cm³/mol. The van der Waals surface area contributed by atoms with E-state index in [2.05, 4.69) is 10.6 Å². The van der Waals surface area contributed by atoms with Gasteiger partial charge >= 0.3 is 0 Å². The summed E-state index contributed by atoms with van der Waals surface area (Å²) in [7, 11) is 0. The largest absolute Gasteiger partial charge is 0.346 e. The van der Waals surface area contributed by atoms with Crippen molar-refractivity contribution in [2.75, 3.05) is 18.4 Å². The highest BCUT2D eigenvalue weighted by atomic mass is 19.2. The lowest BCUT2D eigenvalue weighted by Gasteiger charge is -2.06. The topological polar surface area (TPSA) is 84.2 Å². The number of nitrogens with one attached hydrogen (secondary N) is 2. The van der Waals surface area contributed by atoms with Crippen molar-refractivity contribution in [3.63, 3.8) is 0 Å². The summed E-state index contributed by atoms with van der Waals surface area (Å²) in [6.07, 6.45) is 0. The van der Waals surface area contributed by atoms with Gasteiger partial charge in [-0.05, 0) is 12.1 Å². The average Bonchev–Trinajstić information content (AvgIpc) is 2.31. The van der Waals surface area contributed by atoms with Gasteiger partial charge in [0.05, 0.1) is 13.1 Å². The average molecular weight is 243 g/mol. The smallest absolute Gasteiger partial charge is 0.243 e. The van der Waals surface area contributed by atoms with Gasteiger partial charge in [0.1, 0.15) is 0 Å². The molecule has 4 N–H and O–H groups in total. The van der Waals surface area contributed by atoms with Crippen LogP contribution >= 0.6 is 0 Å². The normalized spacial score (nSPS) is 9.82. The minimum absolute atomic E-state index is 0.107. The van der Waals surface area contributed by atoms with Gasteiger partial charge in [0.25, 0.3) is 0 Å². The summed E-state index contributed by atoms with van der Waals surface area (Å²) in [6, 6.07) is 2.95. The summed E-state index contributed by atoms with van der Waals surface area (Å²) < 4.78 is 25.4. The molecule has 2 amide bonds. The van der Waals surface area contributed by atoms with Crippen LogP contribution in [0.4, 0.5) is 14.5 Å². The molecule has 0 saturated heterocycles. The molecule has 0 aliphatic heterocycles. The van der Waals surface area contributed by atoms with Crippen molar-refractivity contribution in [1.29, 1.82) is 0 Å². The first-order valence-corrected chi connectivity index (χ1v) is 4.74. The Balaban J connectivity index is 2.50. The van der Waals surface area contributed by atoms with Crippen molar-refractivity contribution in [1.82, 2.24) is 5.32 Å². The van der Waals surface area contributed by atoms with Crippen molar-refractivity contribution in [3.05, 3.63) is 29.8 Å². The van der Waals surface area contributed by atoms with Gasteiger partial charge in [0.2, 0.25) is 11.8 Å². The molecule has 0 spiro atoms. The summed E-state index contributed by atoms with van der Waals surface area (Å²) in [4.78, 5) is 22.0. The Hall–Kier alpha value is -2.02. The number of hydrogen-bond acceptors (Lipinski definition) is 3. The number of anilines is 1. The van der Waals surface area contributed by atoms with Crippen LogP contribution in [0.3, 0.4) is 0 Å². The molecule has 0 radical (unpaired) electrons. The molecule has 0 saturated carbocycles. The van der Waals surface area contributed by atoms with E-state index in [4.69, 9.17) is 5.73 Å². The van der Waals surface area contributed by atoms with Gasteiger partial charge in [0.15, 0.2) is 11.6 Å². The molecule has 92 valence electrons. The van der Waals surface area contributed by atoms with E-state index < -0.39 is 23.4 Å². The van der Waals surface area contributed by atoms with Gasteiger partial charge in [-0.1, -0.05) is 0 Å². The SMILES string of the molecule is NCC(=O)NCC(=O)Nc1ccc(F)c(F)c1. The van der Waals surface area contributed by atoms with E-state index in [0.717, 1.165) is 12.1 Å². The summed E-state index contributed by atoms with van der Waals surface area (Å²) >= 11 is 0. The highest BCUT2D eigenvalue weighted by Gasteiger charge is 2.07. The molecule has 17 heavy (non-hydrogen) atoms. The van der Waals surface area contributed by atoms with Gasteiger partial charge in [-0.2, -0.15) is 0 Å². The maximum atomic E-state index is 12.8. The number of amides is 2. The van der Waals surface area contributed by atoms with Gasteiger partial charge in [-0.25, -0.2) is 8.78 Å². The third-order valence-corrected chi connectivity index (χ3v) is 1.83. The van der Waals surface area contributed by atoms with E-state index in [9.17, 15) is 18.4 Å². The Morgan fingerprint density at radius 1 is 1.18 bits per heavy atom. The van der Waals surface area contributed by atoms with Crippen molar-refractivity contribution in [2.45, 2.75) is 0 Å². The molecule has 0 aliphatic rings. The van der Waals surface area contributed by atoms with Crippen molar-refractivity contribution >= 4 is 17.5 Å². The van der Waals surface area contributed by atoms with Crippen molar-refractivity contribution in [2.24, 2.45) is 5.73 Å². The minimum Gasteiger partial charge on any atom is -0.346 e. The highest BCUT2D eigenvalue weighted by molar-refractivity contribution is 5.94. The number of halogens is 2. The summed E-state index contributed by atoms with van der Waals surface area (Å²) in [5.41, 5.74) is 5.12. The summed E-state index contributed by atoms with van der Waals surface area (Å²) in [5, 5.41) is 4.52. The van der Waals surface area contributed by atoms with Gasteiger partial charge in [-0.15, -0.1) is 0 Å². The zero-order valence-electron chi connectivity index (χ0n) is 8.80. The van der Waals surface area contributed by atoms with E-state index in [1.165, 1.54) is 6.07 Å². The maximum absolute atomic E-state index is 12.8. The lowest BCUT2D eigenvalue weighted by atomic mass is 10.3. The molecule has 0 bridgehead atoms. The van der Waals surface area contributed by atoms with Crippen LogP contribution in [0.1, 0.15) is 0 Å². The van der Waals surface area contributed by atoms with Crippen LogP contribution in [-0.4, -0.2) is 24.9 Å². The third-order valence-electron chi connectivity index (χ3n) is 1.83. The monoisotopic (exact) mass is 243 g/mol. The zero-order valence-corrected chi connectivity index (χ0v) is 8.80. The second kappa shape index (κ2) is 5.90. The molecule has 0 heterocycles. The number of hydrogen-bond donors (Lipinski definition) is 3. The predicted octanol–water partition coefficient (Wildman–Crippen LogP) is -0.0218. The number of benzene rings is 1. The molecule has 0 aliphatic carbocycles. The molecular weight excluding hydrogens is 232 g/mol. The maximum Gasteiger partial charge on any atom is 0.243 e. The Kier molecular flexibility index (Phi) is 4.53. The van der Waals surface area contributed by atoms with Gasteiger partial charge in [0, 0.05) is 11.8 Å². The van der Waals surface area contributed by atoms with E-state index in [1.54, 1.807) is 0 Å². The second-order valence-electron chi connectivity index (χ2n) is 3.16. The van der Waals surface area contributed by atoms with Crippen molar-refractivity contribution < 1.29 is 18.4 Å². The first-order valence-electron chi connectivity index (χ1n) is 4.74. The van der Waals surface area contributed by atoms with Crippen LogP contribution in [0, 0.1) is 11.6 Å². The standard InChI is InChI=1S/C10H11F2N3O2/c11-7-2-1-6(3-8(7)12)15-10(17)5-14-9(16)4-13/h1-3H,4-5,13H2,(H,14,16)(H,15,17). The van der Waals surface area contributed by atoms with E-state index in [1.807, 2.05) is 0 Å². The molecule has 1 aromatic rings. The van der Waals surface area contributed by atoms with Gasteiger partial charge < -0.3 is 16.4 Å². The van der Waals surface area contributed by atoms with E-state index in [-0.39, 0.29) is 18.8 Å². The van der Waals surface area contributed by atoms with Crippen LogP contribution < -0.4 is 16.4 Å². The molecule has 7 heteroatoms. The first kappa shape index (κ1) is 13.0. The number of carbonyl (C=O) groups excluding carboxylic acids is 2. The Morgan fingerprint density at radius 2 is 1.88 bits per heavy atom. The van der Waals surface area contributed by atoms with E-state index in [0.29, 0.717) is 0 Å². The van der Waals surface area contributed by atoms with Crippen LogP contribution in [0.5, 0.6) is 0 Å². The quantitative estimate of drug-likeness (QED) is 0.694. The third kappa shape index (κ3) is 4.15. The van der Waals surface area contributed by atoms with Crippen molar-refractivity contribution in [3.8, 4) is 0 Å². The van der Waals surface area contributed by atoms with Crippen LogP contribution in [0.25, 0.3) is 0 Å². The number of carbonyl (C=O) groups is 2. The zero-order chi connectivity index (χ0) is 12.8. The number of nitrogens with two attached hydrogens (primary N) is 1. The van der Waals surface area contributed by atoms with Crippen LogP contribution in [0.15, 0.2) is 18.2 Å². The van der Waals surface area contributed by atoms with Gasteiger partial charge in [-0.3, -0.25) is 9.59 Å². The van der Waals surface area contributed by atoms with E-state index >= 15 is 0 Å². The summed E-state index contributed by atoms with van der Waals surface area (Å²) in [5.74, 6) is -3.10. The molecule has 0 unspecified atom stereocenters. The van der Waals surface area contributed by atoms with Crippen LogP contribution in [-0.2, 0) is 9.59 Å². The first-order chi connectivity index (χ1) is 8.02. The fraction of sp³-hybridized carbons (Fsp3) is 0.200. The second-order valence-corrected chi connectivity index (χ2v) is 3.16. The lowest BCUT2D eigenvalue weighted by molar-refractivity contribution is -0.123. The van der Waals surface area contributed by atoms with Crippen LogP contribution in [0.2, 0.25) is 0 Å². The molecule has 0 aromatic heterocycles. The molecular formula is C10H11F2N3O2. The fourth-order valence-corrected chi connectivity index (χ4v) is 1.03. The Labute approximate surface area is 96.0 Å². The highest BCUT2D eigenvalue weighted by Crippen LogP contribution is 2.12. The Morgan fingerprint density at radius 3 is 2.47 bits per heavy atom. The Bertz CT molecular complexity index is 438. The number of rotatable bonds is 4. The summed E-state index contributed by atoms with van der Waals surface area (Å²) in [6.45, 7) is -0.506. The lowest BCUT2D eigenvalue weighted by Crippen LogP contribution is -2.36. The molecule has 0 atom stereocenters. The molecule has 0 fully saturated rings.